The lowest BCUT2D eigenvalue weighted by molar-refractivity contribution is 0.369. The molecule has 2 aromatic carbocycles. The van der Waals surface area contributed by atoms with E-state index in [9.17, 15) is 5.26 Å². The molecule has 3 aromatic rings. The van der Waals surface area contributed by atoms with Crippen molar-refractivity contribution in [1.82, 2.24) is 9.55 Å². The van der Waals surface area contributed by atoms with E-state index in [1.54, 1.807) is 0 Å². The molecule has 0 amide bonds. The van der Waals surface area contributed by atoms with E-state index in [4.69, 9.17) is 10.7 Å². The number of benzene rings is 2. The molecule has 3 N–H and O–H groups in total. The van der Waals surface area contributed by atoms with Gasteiger partial charge in [0.1, 0.15) is 23.0 Å². The van der Waals surface area contributed by atoms with Gasteiger partial charge in [0.05, 0.1) is 11.0 Å². The van der Waals surface area contributed by atoms with Gasteiger partial charge in [0.15, 0.2) is 0 Å². The van der Waals surface area contributed by atoms with Gasteiger partial charge in [-0.05, 0) is 67.5 Å². The van der Waals surface area contributed by atoms with E-state index in [1.807, 2.05) is 6.07 Å². The summed E-state index contributed by atoms with van der Waals surface area (Å²) in [5, 5.41) is 13.3. The van der Waals surface area contributed by atoms with Crippen LogP contribution in [0.5, 0.6) is 0 Å². The summed E-state index contributed by atoms with van der Waals surface area (Å²) < 4.78 is 2.21. The van der Waals surface area contributed by atoms with Crippen LogP contribution >= 0.6 is 0 Å². The normalized spacial score (nSPS) is 20.9. The van der Waals surface area contributed by atoms with Crippen molar-refractivity contribution in [3.8, 4) is 6.07 Å². The average Bonchev–Trinajstić information content (AvgIpc) is 3.00. The number of allylic oxidation sites excluding steroid dienone is 1. The molecule has 2 heterocycles. The highest BCUT2D eigenvalue weighted by Gasteiger charge is 2.47. The number of hydrogen-bond acceptors (Lipinski definition) is 4. The lowest BCUT2D eigenvalue weighted by Crippen LogP contribution is -2.45. The van der Waals surface area contributed by atoms with Crippen LogP contribution < -0.4 is 11.1 Å². The molecule has 1 atom stereocenters. The van der Waals surface area contributed by atoms with E-state index in [2.05, 4.69) is 60.1 Å². The monoisotopic (exact) mass is 355 g/mol. The van der Waals surface area contributed by atoms with Crippen molar-refractivity contribution in [3.05, 3.63) is 70.0 Å². The molecular weight excluding hydrogens is 334 g/mol. The van der Waals surface area contributed by atoms with E-state index >= 15 is 0 Å². The summed E-state index contributed by atoms with van der Waals surface area (Å²) in [7, 11) is 0. The van der Waals surface area contributed by atoms with Gasteiger partial charge in [0.25, 0.3) is 0 Å². The van der Waals surface area contributed by atoms with Crippen LogP contribution in [0.1, 0.15) is 35.1 Å². The van der Waals surface area contributed by atoms with Crippen molar-refractivity contribution in [3.63, 3.8) is 0 Å². The molecule has 0 saturated carbocycles. The molecule has 134 valence electrons. The Kier molecular flexibility index (Phi) is 3.17. The third-order valence-corrected chi connectivity index (χ3v) is 6.14. The number of fused-ring (bicyclic) bond motifs is 6. The maximum atomic E-state index is 10.1. The third kappa shape index (κ3) is 1.95. The molecule has 0 saturated heterocycles. The van der Waals surface area contributed by atoms with Crippen LogP contribution in [0.15, 0.2) is 47.8 Å². The van der Waals surface area contributed by atoms with Crippen LogP contribution in [0.2, 0.25) is 0 Å². The average molecular weight is 355 g/mol. The molecule has 5 rings (SSSR count). The number of nitrogens with one attached hydrogen (secondary N) is 1. The second-order valence-corrected chi connectivity index (χ2v) is 7.59. The second-order valence-electron chi connectivity index (χ2n) is 7.59. The van der Waals surface area contributed by atoms with Crippen molar-refractivity contribution in [2.24, 2.45) is 5.73 Å². The Morgan fingerprint density at radius 1 is 1.22 bits per heavy atom. The smallest absolute Gasteiger partial charge is 0.210 e. The van der Waals surface area contributed by atoms with Gasteiger partial charge < -0.3 is 11.1 Å². The molecule has 1 aliphatic heterocycles. The summed E-state index contributed by atoms with van der Waals surface area (Å²) >= 11 is 0. The fraction of sp³-hybridized carbons (Fsp3) is 0.273. The molecule has 1 spiro atoms. The van der Waals surface area contributed by atoms with Crippen molar-refractivity contribution < 1.29 is 0 Å². The predicted octanol–water partition coefficient (Wildman–Crippen LogP) is 3.85. The van der Waals surface area contributed by atoms with Gasteiger partial charge in [0, 0.05) is 0 Å². The topological polar surface area (TPSA) is 79.7 Å². The Balaban J connectivity index is 1.95. The zero-order valence-corrected chi connectivity index (χ0v) is 15.5. The molecule has 2 aliphatic rings. The number of rotatable bonds is 0. The van der Waals surface area contributed by atoms with Gasteiger partial charge >= 0.3 is 0 Å². The first-order valence-corrected chi connectivity index (χ1v) is 9.32. The number of imidazole rings is 1. The highest BCUT2D eigenvalue weighted by Crippen LogP contribution is 2.49. The second kappa shape index (κ2) is 5.37. The summed E-state index contributed by atoms with van der Waals surface area (Å²) in [6.45, 7) is 4.21. The third-order valence-electron chi connectivity index (χ3n) is 6.14. The van der Waals surface area contributed by atoms with Crippen LogP contribution in [0.3, 0.4) is 0 Å². The SMILES string of the molecule is Cc1cc2nc3n(c2cc1C)C1(CCCc2ccccc21)C(C#N)=C(N)N3. The molecule has 5 heteroatoms. The summed E-state index contributed by atoms with van der Waals surface area (Å²) in [6, 6.07) is 15.1. The van der Waals surface area contributed by atoms with E-state index in [0.717, 1.165) is 35.9 Å². The maximum absolute atomic E-state index is 10.1. The van der Waals surface area contributed by atoms with Gasteiger partial charge in [-0.25, -0.2) is 4.98 Å². The molecule has 1 aromatic heterocycles. The predicted molar refractivity (Wildman–Crippen MR) is 106 cm³/mol. The number of nitrogens with zero attached hydrogens (tertiary/aromatic N) is 3. The molecule has 0 fully saturated rings. The van der Waals surface area contributed by atoms with Gasteiger partial charge in [-0.15, -0.1) is 0 Å². The number of aryl methyl sites for hydroxylation is 3. The molecule has 0 bridgehead atoms. The highest BCUT2D eigenvalue weighted by atomic mass is 15.3. The van der Waals surface area contributed by atoms with Crippen molar-refractivity contribution in [1.29, 1.82) is 5.26 Å². The quantitative estimate of drug-likeness (QED) is 0.642. The standard InChI is InChI=1S/C22H21N5/c1-13-10-18-19(11-14(13)2)27-21(25-18)26-20(24)17(12-23)22(27)9-5-7-15-6-3-4-8-16(15)22/h3-4,6,8,10-11H,5,7,9,24H2,1-2H3,(H,25,26). The Morgan fingerprint density at radius 3 is 2.81 bits per heavy atom. The van der Waals surface area contributed by atoms with Gasteiger partial charge in [0.2, 0.25) is 5.95 Å². The van der Waals surface area contributed by atoms with E-state index in [1.165, 1.54) is 16.7 Å². The fourth-order valence-corrected chi connectivity index (χ4v) is 4.78. The van der Waals surface area contributed by atoms with Crippen LogP contribution in [0, 0.1) is 25.2 Å². The van der Waals surface area contributed by atoms with Crippen molar-refractivity contribution in [2.45, 2.75) is 38.6 Å². The zero-order valence-electron chi connectivity index (χ0n) is 15.5. The molecule has 1 aliphatic carbocycles. The fourth-order valence-electron chi connectivity index (χ4n) is 4.78. The molecular formula is C22H21N5. The molecule has 27 heavy (non-hydrogen) atoms. The first-order valence-electron chi connectivity index (χ1n) is 9.32. The highest BCUT2D eigenvalue weighted by molar-refractivity contribution is 5.83. The Labute approximate surface area is 158 Å². The molecule has 5 nitrogen and oxygen atoms in total. The zero-order chi connectivity index (χ0) is 18.8. The lowest BCUT2D eigenvalue weighted by Gasteiger charge is -2.44. The van der Waals surface area contributed by atoms with Gasteiger partial charge in [-0.1, -0.05) is 24.3 Å². The first kappa shape index (κ1) is 16.0. The lowest BCUT2D eigenvalue weighted by atomic mass is 9.71. The minimum Gasteiger partial charge on any atom is -0.384 e. The summed E-state index contributed by atoms with van der Waals surface area (Å²) in [4.78, 5) is 4.83. The van der Waals surface area contributed by atoms with Crippen LogP contribution in [0.4, 0.5) is 5.95 Å². The number of hydrogen-bond donors (Lipinski definition) is 2. The summed E-state index contributed by atoms with van der Waals surface area (Å²) in [6.07, 6.45) is 2.85. The minimum atomic E-state index is -0.606. The molecule has 0 radical (unpaired) electrons. The van der Waals surface area contributed by atoms with Crippen molar-refractivity contribution in [2.75, 3.05) is 5.32 Å². The Hall–Kier alpha value is -3.26. The van der Waals surface area contributed by atoms with Gasteiger partial charge in [-0.2, -0.15) is 5.26 Å². The number of nitrogens with two attached hydrogens (primary N) is 1. The van der Waals surface area contributed by atoms with E-state index < -0.39 is 5.54 Å². The largest absolute Gasteiger partial charge is 0.384 e. The van der Waals surface area contributed by atoms with Crippen LogP contribution in [0.25, 0.3) is 11.0 Å². The van der Waals surface area contributed by atoms with E-state index in [0.29, 0.717) is 17.3 Å². The molecule has 1 unspecified atom stereocenters. The summed E-state index contributed by atoms with van der Waals surface area (Å²) in [5.74, 6) is 1.12. The number of anilines is 1. The van der Waals surface area contributed by atoms with Crippen LogP contribution in [-0.4, -0.2) is 9.55 Å². The first-order chi connectivity index (χ1) is 13.1. The van der Waals surface area contributed by atoms with Gasteiger partial charge in [-0.3, -0.25) is 4.57 Å². The number of nitriles is 1. The maximum Gasteiger partial charge on any atom is 0.210 e. The Morgan fingerprint density at radius 2 is 2.00 bits per heavy atom. The Bertz CT molecular complexity index is 1180. The number of aromatic nitrogens is 2. The van der Waals surface area contributed by atoms with Crippen LogP contribution in [-0.2, 0) is 12.0 Å². The summed E-state index contributed by atoms with van der Waals surface area (Å²) in [5.41, 5.74) is 13.1. The van der Waals surface area contributed by atoms with E-state index in [-0.39, 0.29) is 0 Å². The minimum absolute atomic E-state index is 0.408. The van der Waals surface area contributed by atoms with Crippen molar-refractivity contribution >= 4 is 17.0 Å².